The van der Waals surface area contributed by atoms with Crippen molar-refractivity contribution in [3.63, 3.8) is 0 Å². The van der Waals surface area contributed by atoms with E-state index in [0.29, 0.717) is 30.2 Å². The van der Waals surface area contributed by atoms with Gasteiger partial charge in [-0.3, -0.25) is 4.79 Å². The first-order chi connectivity index (χ1) is 10.1. The summed E-state index contributed by atoms with van der Waals surface area (Å²) in [6.07, 6.45) is 0. The lowest BCUT2D eigenvalue weighted by atomic mass is 10.1. The van der Waals surface area contributed by atoms with E-state index in [1.165, 1.54) is 0 Å². The third kappa shape index (κ3) is 3.46. The molecule has 21 heavy (non-hydrogen) atoms. The van der Waals surface area contributed by atoms with E-state index < -0.39 is 0 Å². The number of nitrogens with two attached hydrogens (primary N) is 1. The minimum absolute atomic E-state index is 0.0317. The molecule has 0 spiro atoms. The molecule has 2 rings (SSSR count). The molecule has 1 heterocycles. The van der Waals surface area contributed by atoms with Gasteiger partial charge in [-0.2, -0.15) is 0 Å². The molecule has 1 aliphatic rings. The average molecular weight is 293 g/mol. The van der Waals surface area contributed by atoms with Crippen LogP contribution in [0, 0.1) is 0 Å². The van der Waals surface area contributed by atoms with Crippen LogP contribution in [-0.2, 0) is 0 Å². The molecule has 6 heteroatoms. The van der Waals surface area contributed by atoms with Gasteiger partial charge in [0.25, 0.3) is 5.91 Å². The Kier molecular flexibility index (Phi) is 5.03. The average Bonchev–Trinajstić information content (AvgIpc) is 2.53. The van der Waals surface area contributed by atoms with Crippen LogP contribution in [0.3, 0.4) is 0 Å². The van der Waals surface area contributed by atoms with E-state index in [1.807, 2.05) is 11.9 Å². The Hall–Kier alpha value is -1.79. The summed E-state index contributed by atoms with van der Waals surface area (Å²) in [7, 11) is 5.18. The van der Waals surface area contributed by atoms with Crippen molar-refractivity contribution in [1.29, 1.82) is 0 Å². The molecule has 1 saturated heterocycles. The molecule has 1 aromatic carbocycles. The van der Waals surface area contributed by atoms with Gasteiger partial charge in [-0.1, -0.05) is 0 Å². The zero-order chi connectivity index (χ0) is 15.4. The summed E-state index contributed by atoms with van der Waals surface area (Å²) in [5.74, 6) is 1.18. The van der Waals surface area contributed by atoms with Crippen molar-refractivity contribution in [2.24, 2.45) is 5.73 Å². The molecule has 2 N–H and O–H groups in total. The minimum Gasteiger partial charge on any atom is -0.497 e. The van der Waals surface area contributed by atoms with Crippen LogP contribution in [0.25, 0.3) is 0 Å². The third-order valence-corrected chi connectivity index (χ3v) is 3.82. The molecule has 1 amide bonds. The van der Waals surface area contributed by atoms with Crippen LogP contribution in [0.5, 0.6) is 11.5 Å². The Bertz CT molecular complexity index is 485. The third-order valence-electron chi connectivity index (χ3n) is 3.82. The summed E-state index contributed by atoms with van der Waals surface area (Å²) in [4.78, 5) is 16.8. The Morgan fingerprint density at radius 3 is 2.38 bits per heavy atom. The second-order valence-electron chi connectivity index (χ2n) is 5.25. The van der Waals surface area contributed by atoms with Gasteiger partial charge in [-0.05, 0) is 19.2 Å². The molecular formula is C15H23N3O3. The van der Waals surface area contributed by atoms with Crippen LogP contribution in [0.4, 0.5) is 0 Å². The van der Waals surface area contributed by atoms with Crippen molar-refractivity contribution in [2.45, 2.75) is 6.04 Å². The van der Waals surface area contributed by atoms with Crippen LogP contribution in [-0.4, -0.2) is 69.2 Å². The number of piperazine rings is 1. The summed E-state index contributed by atoms with van der Waals surface area (Å²) < 4.78 is 10.4. The summed E-state index contributed by atoms with van der Waals surface area (Å²) in [6, 6.07) is 5.25. The molecule has 0 bridgehead atoms. The quantitative estimate of drug-likeness (QED) is 0.871. The van der Waals surface area contributed by atoms with Crippen molar-refractivity contribution in [3.8, 4) is 11.5 Å². The maximum absolute atomic E-state index is 12.8. The maximum Gasteiger partial charge on any atom is 0.254 e. The molecule has 0 radical (unpaired) electrons. The summed E-state index contributed by atoms with van der Waals surface area (Å²) >= 11 is 0. The first-order valence-corrected chi connectivity index (χ1v) is 7.01. The minimum atomic E-state index is -0.0317. The molecular weight excluding hydrogens is 270 g/mol. The lowest BCUT2D eigenvalue weighted by Gasteiger charge is -2.39. The van der Waals surface area contributed by atoms with Gasteiger partial charge in [0.05, 0.1) is 20.3 Å². The fourth-order valence-electron chi connectivity index (χ4n) is 2.58. The lowest BCUT2D eigenvalue weighted by Crippen LogP contribution is -2.56. The molecule has 0 saturated carbocycles. The molecule has 1 aliphatic heterocycles. The van der Waals surface area contributed by atoms with Gasteiger partial charge in [0.15, 0.2) is 0 Å². The molecule has 6 nitrogen and oxygen atoms in total. The number of carbonyl (C=O) groups excluding carboxylic acids is 1. The molecule has 0 aromatic heterocycles. The highest BCUT2D eigenvalue weighted by Gasteiger charge is 2.29. The van der Waals surface area contributed by atoms with E-state index in [2.05, 4.69) is 4.90 Å². The van der Waals surface area contributed by atoms with E-state index in [9.17, 15) is 4.79 Å². The van der Waals surface area contributed by atoms with Crippen molar-refractivity contribution in [3.05, 3.63) is 23.8 Å². The standard InChI is InChI=1S/C15H23N3O3/c1-17-4-5-18(12(9-16)10-17)15(19)11-6-13(20-2)8-14(7-11)21-3/h6-8,12H,4-5,9-10,16H2,1-3H3. The smallest absolute Gasteiger partial charge is 0.254 e. The Labute approximate surface area is 125 Å². The number of methoxy groups -OCH3 is 2. The number of hydrogen-bond acceptors (Lipinski definition) is 5. The highest BCUT2D eigenvalue weighted by Crippen LogP contribution is 2.24. The summed E-state index contributed by atoms with van der Waals surface area (Å²) in [6.45, 7) is 2.78. The Morgan fingerprint density at radius 1 is 1.24 bits per heavy atom. The van der Waals surface area contributed by atoms with Crippen molar-refractivity contribution >= 4 is 5.91 Å². The van der Waals surface area contributed by atoms with Crippen molar-refractivity contribution < 1.29 is 14.3 Å². The van der Waals surface area contributed by atoms with Gasteiger partial charge in [-0.15, -0.1) is 0 Å². The van der Waals surface area contributed by atoms with Gasteiger partial charge >= 0.3 is 0 Å². The van der Waals surface area contributed by atoms with Gasteiger partial charge in [0.2, 0.25) is 0 Å². The predicted octanol–water partition coefficient (Wildman–Crippen LogP) is 0.419. The molecule has 0 aliphatic carbocycles. The summed E-state index contributed by atoms with van der Waals surface area (Å²) in [5.41, 5.74) is 6.38. The fraction of sp³-hybridized carbons (Fsp3) is 0.533. The van der Waals surface area contributed by atoms with Gasteiger partial charge in [0.1, 0.15) is 11.5 Å². The fourth-order valence-corrected chi connectivity index (χ4v) is 2.58. The van der Waals surface area contributed by atoms with Crippen LogP contribution in [0.1, 0.15) is 10.4 Å². The number of benzene rings is 1. The highest BCUT2D eigenvalue weighted by atomic mass is 16.5. The van der Waals surface area contributed by atoms with Gasteiger partial charge in [0, 0.05) is 37.8 Å². The number of hydrogen-bond donors (Lipinski definition) is 1. The van der Waals surface area contributed by atoms with E-state index in [-0.39, 0.29) is 11.9 Å². The zero-order valence-electron chi connectivity index (χ0n) is 12.8. The zero-order valence-corrected chi connectivity index (χ0v) is 12.8. The number of rotatable bonds is 4. The maximum atomic E-state index is 12.8. The van der Waals surface area contributed by atoms with Crippen molar-refractivity contribution in [1.82, 2.24) is 9.80 Å². The second kappa shape index (κ2) is 6.78. The van der Waals surface area contributed by atoms with Crippen LogP contribution < -0.4 is 15.2 Å². The Balaban J connectivity index is 2.26. The van der Waals surface area contributed by atoms with Crippen LogP contribution >= 0.6 is 0 Å². The monoisotopic (exact) mass is 293 g/mol. The van der Waals surface area contributed by atoms with Crippen LogP contribution in [0.15, 0.2) is 18.2 Å². The van der Waals surface area contributed by atoms with E-state index in [0.717, 1.165) is 13.1 Å². The van der Waals surface area contributed by atoms with Gasteiger partial charge in [-0.25, -0.2) is 0 Å². The number of carbonyl (C=O) groups is 1. The molecule has 116 valence electrons. The lowest BCUT2D eigenvalue weighted by molar-refractivity contribution is 0.0515. The molecule has 1 fully saturated rings. The number of amides is 1. The summed E-state index contributed by atoms with van der Waals surface area (Å²) in [5, 5.41) is 0. The Morgan fingerprint density at radius 2 is 1.86 bits per heavy atom. The number of ether oxygens (including phenoxy) is 2. The highest BCUT2D eigenvalue weighted by molar-refractivity contribution is 5.95. The number of nitrogens with zero attached hydrogens (tertiary/aromatic N) is 2. The first kappa shape index (κ1) is 15.6. The molecule has 1 atom stereocenters. The predicted molar refractivity (Wildman–Crippen MR) is 80.9 cm³/mol. The molecule has 1 unspecified atom stereocenters. The topological polar surface area (TPSA) is 68.0 Å². The largest absolute Gasteiger partial charge is 0.497 e. The van der Waals surface area contributed by atoms with Crippen molar-refractivity contribution in [2.75, 3.05) is 47.4 Å². The first-order valence-electron chi connectivity index (χ1n) is 7.01. The normalized spacial score (nSPS) is 19.4. The number of likely N-dealkylation sites (N-methyl/N-ethyl adjacent to an activating group) is 1. The van der Waals surface area contributed by atoms with E-state index in [1.54, 1.807) is 32.4 Å². The second-order valence-corrected chi connectivity index (χ2v) is 5.25. The van der Waals surface area contributed by atoms with Crippen LogP contribution in [0.2, 0.25) is 0 Å². The van der Waals surface area contributed by atoms with E-state index >= 15 is 0 Å². The SMILES string of the molecule is COc1cc(OC)cc(C(=O)N2CCN(C)CC2CN)c1. The van der Waals surface area contributed by atoms with Gasteiger partial charge < -0.3 is 25.0 Å². The van der Waals surface area contributed by atoms with E-state index in [4.69, 9.17) is 15.2 Å². The molecule has 1 aromatic rings.